The maximum absolute atomic E-state index is 12.0. The number of nitrogens with zero attached hydrogens (tertiary/aromatic N) is 1. The van der Waals surface area contributed by atoms with Crippen LogP contribution >= 0.6 is 11.6 Å². The third-order valence-electron chi connectivity index (χ3n) is 2.48. The van der Waals surface area contributed by atoms with Crippen molar-refractivity contribution < 1.29 is 9.72 Å². The van der Waals surface area contributed by atoms with E-state index >= 15 is 0 Å². The number of nitro groups is 1. The van der Waals surface area contributed by atoms with Crippen molar-refractivity contribution in [1.82, 2.24) is 5.32 Å². The number of hydrogen-bond donors (Lipinski definition) is 1. The van der Waals surface area contributed by atoms with Crippen molar-refractivity contribution in [3.8, 4) is 12.3 Å². The Labute approximate surface area is 116 Å². The van der Waals surface area contributed by atoms with Crippen molar-refractivity contribution >= 4 is 23.2 Å². The molecule has 0 aliphatic rings. The van der Waals surface area contributed by atoms with Crippen LogP contribution in [0.5, 0.6) is 0 Å². The zero-order valence-corrected chi connectivity index (χ0v) is 11.1. The summed E-state index contributed by atoms with van der Waals surface area (Å²) in [6.07, 6.45) is 6.69. The van der Waals surface area contributed by atoms with E-state index in [-0.39, 0.29) is 16.3 Å². The fourth-order valence-corrected chi connectivity index (χ4v) is 1.74. The van der Waals surface area contributed by atoms with Gasteiger partial charge in [-0.05, 0) is 18.6 Å². The molecule has 0 radical (unpaired) electrons. The number of benzene rings is 1. The highest BCUT2D eigenvalue weighted by molar-refractivity contribution is 6.31. The fourth-order valence-electron chi connectivity index (χ4n) is 1.57. The summed E-state index contributed by atoms with van der Waals surface area (Å²) in [6, 6.07) is 3.37. The summed E-state index contributed by atoms with van der Waals surface area (Å²) >= 11 is 5.75. The second kappa shape index (κ2) is 6.76. The predicted molar refractivity (Wildman–Crippen MR) is 73.1 cm³/mol. The van der Waals surface area contributed by atoms with E-state index in [2.05, 4.69) is 11.2 Å². The number of carbonyl (C=O) groups excluding carboxylic acids is 1. The zero-order chi connectivity index (χ0) is 14.4. The molecule has 0 bridgehead atoms. The predicted octanol–water partition coefficient (Wildman–Crippen LogP) is 2.78. The van der Waals surface area contributed by atoms with Gasteiger partial charge in [-0.3, -0.25) is 14.9 Å². The maximum atomic E-state index is 12.0. The highest BCUT2D eigenvalue weighted by atomic mass is 35.5. The standard InChI is InChI=1S/C13H13ClN2O3/c1-3-5-10(4-2)15-13(17)11-8-9(14)6-7-12(11)16(18)19/h2,6-8,10H,3,5H2,1H3,(H,15,17). The minimum atomic E-state index is -0.629. The number of amides is 1. The van der Waals surface area contributed by atoms with Crippen LogP contribution in [0.25, 0.3) is 0 Å². The molecule has 0 aliphatic carbocycles. The summed E-state index contributed by atoms with van der Waals surface area (Å²) in [5, 5.41) is 13.7. The molecule has 1 atom stereocenters. The Kier molecular flexibility index (Phi) is 5.34. The van der Waals surface area contributed by atoms with E-state index in [1.807, 2.05) is 6.92 Å². The van der Waals surface area contributed by atoms with E-state index < -0.39 is 16.9 Å². The first kappa shape index (κ1) is 15.0. The van der Waals surface area contributed by atoms with Crippen LogP contribution < -0.4 is 5.32 Å². The molecule has 1 unspecified atom stereocenters. The molecule has 1 aromatic carbocycles. The Hall–Kier alpha value is -2.06. The quantitative estimate of drug-likeness (QED) is 0.512. The second-order valence-corrected chi connectivity index (χ2v) is 4.34. The lowest BCUT2D eigenvalue weighted by Gasteiger charge is -2.12. The number of nitro benzene ring substituents is 1. The topological polar surface area (TPSA) is 72.2 Å². The molecule has 0 aliphatic heterocycles. The van der Waals surface area contributed by atoms with Gasteiger partial charge in [0.25, 0.3) is 11.6 Å². The van der Waals surface area contributed by atoms with Crippen molar-refractivity contribution in [1.29, 1.82) is 0 Å². The monoisotopic (exact) mass is 280 g/mol. The molecule has 1 N–H and O–H groups in total. The van der Waals surface area contributed by atoms with Crippen LogP contribution in [0, 0.1) is 22.5 Å². The van der Waals surface area contributed by atoms with Gasteiger partial charge in [-0.25, -0.2) is 0 Å². The third kappa shape index (κ3) is 3.97. The van der Waals surface area contributed by atoms with E-state index in [0.29, 0.717) is 6.42 Å². The first-order valence-electron chi connectivity index (χ1n) is 5.70. The molecule has 6 heteroatoms. The Morgan fingerprint density at radius 1 is 1.63 bits per heavy atom. The van der Waals surface area contributed by atoms with Crippen molar-refractivity contribution in [2.24, 2.45) is 0 Å². The average molecular weight is 281 g/mol. The molecule has 0 heterocycles. The molecule has 0 saturated carbocycles. The van der Waals surface area contributed by atoms with Crippen LogP contribution in [0.1, 0.15) is 30.1 Å². The number of nitrogens with one attached hydrogen (secondary N) is 1. The van der Waals surface area contributed by atoms with Gasteiger partial charge in [-0.15, -0.1) is 6.42 Å². The van der Waals surface area contributed by atoms with Crippen molar-refractivity contribution in [2.75, 3.05) is 0 Å². The number of hydrogen-bond acceptors (Lipinski definition) is 3. The van der Waals surface area contributed by atoms with E-state index in [1.54, 1.807) is 0 Å². The summed E-state index contributed by atoms with van der Waals surface area (Å²) in [7, 11) is 0. The third-order valence-corrected chi connectivity index (χ3v) is 2.72. The minimum Gasteiger partial charge on any atom is -0.338 e. The normalized spacial score (nSPS) is 11.4. The molecule has 1 aromatic rings. The van der Waals surface area contributed by atoms with Gasteiger partial charge in [0.1, 0.15) is 5.56 Å². The van der Waals surface area contributed by atoms with Crippen LogP contribution in [0.4, 0.5) is 5.69 Å². The van der Waals surface area contributed by atoms with E-state index in [4.69, 9.17) is 18.0 Å². The van der Waals surface area contributed by atoms with Gasteiger partial charge in [0.05, 0.1) is 11.0 Å². The SMILES string of the molecule is C#CC(CCC)NC(=O)c1cc(Cl)ccc1[N+](=O)[O-]. The second-order valence-electron chi connectivity index (χ2n) is 3.90. The lowest BCUT2D eigenvalue weighted by Crippen LogP contribution is -2.34. The smallest absolute Gasteiger partial charge is 0.282 e. The zero-order valence-electron chi connectivity index (χ0n) is 10.4. The number of halogens is 1. The van der Waals surface area contributed by atoms with E-state index in [1.165, 1.54) is 18.2 Å². The van der Waals surface area contributed by atoms with Crippen molar-refractivity contribution in [3.63, 3.8) is 0 Å². The molecular formula is C13H13ClN2O3. The molecule has 0 aromatic heterocycles. The van der Waals surface area contributed by atoms with Crippen LogP contribution in [0.3, 0.4) is 0 Å². The van der Waals surface area contributed by atoms with Crippen LogP contribution in [0.2, 0.25) is 5.02 Å². The molecule has 0 saturated heterocycles. The van der Waals surface area contributed by atoms with Gasteiger partial charge in [0.2, 0.25) is 0 Å². The van der Waals surface area contributed by atoms with Gasteiger partial charge in [-0.2, -0.15) is 0 Å². The van der Waals surface area contributed by atoms with E-state index in [0.717, 1.165) is 6.42 Å². The Bertz CT molecular complexity index is 537. The Morgan fingerprint density at radius 3 is 2.84 bits per heavy atom. The maximum Gasteiger partial charge on any atom is 0.282 e. The molecule has 0 fully saturated rings. The average Bonchev–Trinajstić information content (AvgIpc) is 2.37. The van der Waals surface area contributed by atoms with Crippen molar-refractivity contribution in [2.45, 2.75) is 25.8 Å². The van der Waals surface area contributed by atoms with Crippen molar-refractivity contribution in [3.05, 3.63) is 38.9 Å². The number of rotatable bonds is 5. The molecule has 1 rings (SSSR count). The van der Waals surface area contributed by atoms with Gasteiger partial charge in [0, 0.05) is 11.1 Å². The van der Waals surface area contributed by atoms with Gasteiger partial charge < -0.3 is 5.32 Å². The van der Waals surface area contributed by atoms with E-state index in [9.17, 15) is 14.9 Å². The molecule has 100 valence electrons. The first-order valence-corrected chi connectivity index (χ1v) is 6.08. The lowest BCUT2D eigenvalue weighted by molar-refractivity contribution is -0.385. The number of terminal acetylenes is 1. The summed E-state index contributed by atoms with van der Waals surface area (Å²) in [4.78, 5) is 22.2. The van der Waals surface area contributed by atoms with Gasteiger partial charge in [-0.1, -0.05) is 30.9 Å². The summed E-state index contributed by atoms with van der Waals surface area (Å²) < 4.78 is 0. The summed E-state index contributed by atoms with van der Waals surface area (Å²) in [5.41, 5.74) is -0.386. The highest BCUT2D eigenvalue weighted by Gasteiger charge is 2.21. The highest BCUT2D eigenvalue weighted by Crippen LogP contribution is 2.22. The summed E-state index contributed by atoms with van der Waals surface area (Å²) in [5.74, 6) is 1.84. The molecule has 1 amide bonds. The largest absolute Gasteiger partial charge is 0.338 e. The summed E-state index contributed by atoms with van der Waals surface area (Å²) in [6.45, 7) is 1.93. The van der Waals surface area contributed by atoms with Gasteiger partial charge >= 0.3 is 0 Å². The molecule has 19 heavy (non-hydrogen) atoms. The lowest BCUT2D eigenvalue weighted by atomic mass is 10.1. The van der Waals surface area contributed by atoms with Crippen LogP contribution in [0.15, 0.2) is 18.2 Å². The van der Waals surface area contributed by atoms with Crippen LogP contribution in [-0.2, 0) is 0 Å². The first-order chi connectivity index (χ1) is 8.99. The molecule has 0 spiro atoms. The van der Waals surface area contributed by atoms with Gasteiger partial charge in [0.15, 0.2) is 0 Å². The Morgan fingerprint density at radius 2 is 2.32 bits per heavy atom. The molecular weight excluding hydrogens is 268 g/mol. The fraction of sp³-hybridized carbons (Fsp3) is 0.308. The number of carbonyl (C=O) groups is 1. The minimum absolute atomic E-state index is 0.0890. The Balaban J connectivity index is 3.02. The molecule has 5 nitrogen and oxygen atoms in total. The van der Waals surface area contributed by atoms with Crippen LogP contribution in [-0.4, -0.2) is 16.9 Å².